The molecule has 2 unspecified atom stereocenters. The highest BCUT2D eigenvalue weighted by Crippen LogP contribution is 2.25. The number of carboxylic acids is 1. The Morgan fingerprint density at radius 1 is 1.10 bits per heavy atom. The lowest BCUT2D eigenvalue weighted by molar-refractivity contribution is -0.147. The van der Waals surface area contributed by atoms with Crippen LogP contribution in [0.25, 0.3) is 0 Å². The molecule has 0 radical (unpaired) electrons. The molecule has 0 spiro atoms. The van der Waals surface area contributed by atoms with E-state index in [2.05, 4.69) is 0 Å². The predicted octanol–water partition coefficient (Wildman–Crippen LogP) is 0.986. The van der Waals surface area contributed by atoms with E-state index in [1.54, 1.807) is 0 Å². The van der Waals surface area contributed by atoms with Crippen LogP contribution >= 0.6 is 0 Å². The number of piperidine rings is 1. The molecule has 1 amide bonds. The highest BCUT2D eigenvalue weighted by molar-refractivity contribution is 5.79. The Bertz CT molecular complexity index is 367. The van der Waals surface area contributed by atoms with Crippen LogP contribution in [0.1, 0.15) is 44.9 Å². The van der Waals surface area contributed by atoms with Crippen molar-refractivity contribution in [2.24, 2.45) is 11.7 Å². The number of hydrogen-bond donors (Lipinski definition) is 2. The van der Waals surface area contributed by atoms with Crippen molar-refractivity contribution in [3.05, 3.63) is 0 Å². The number of nitrogens with two attached hydrogens (primary N) is 1. The van der Waals surface area contributed by atoms with Crippen molar-refractivity contribution >= 4 is 11.9 Å². The van der Waals surface area contributed by atoms with Crippen molar-refractivity contribution in [1.82, 2.24) is 4.90 Å². The van der Waals surface area contributed by atoms with Crippen LogP contribution in [0.15, 0.2) is 0 Å². The molecule has 1 saturated heterocycles. The number of carbonyl (C=O) groups is 2. The number of carboxylic acid groups (broad SMARTS) is 1. The summed E-state index contributed by atoms with van der Waals surface area (Å²) < 4.78 is 5.30. The summed E-state index contributed by atoms with van der Waals surface area (Å²) in [6.07, 6.45) is 6.58. The highest BCUT2D eigenvalue weighted by atomic mass is 16.5. The molecule has 0 aromatic carbocycles. The summed E-state index contributed by atoms with van der Waals surface area (Å²) in [5, 5.41) is 8.61. The normalized spacial score (nSPS) is 28.1. The lowest BCUT2D eigenvalue weighted by atomic mass is 9.93. The zero-order valence-electron chi connectivity index (χ0n) is 12.5. The summed E-state index contributed by atoms with van der Waals surface area (Å²) in [7, 11) is 0. The van der Waals surface area contributed by atoms with E-state index in [-0.39, 0.29) is 30.6 Å². The molecule has 6 heteroatoms. The van der Waals surface area contributed by atoms with Gasteiger partial charge in [0.2, 0.25) is 5.91 Å². The summed E-state index contributed by atoms with van der Waals surface area (Å²) in [4.78, 5) is 25.0. The second-order valence-corrected chi connectivity index (χ2v) is 6.14. The summed E-state index contributed by atoms with van der Waals surface area (Å²) in [5.41, 5.74) is 6.16. The minimum Gasteiger partial charge on any atom is -0.480 e. The second kappa shape index (κ2) is 7.75. The van der Waals surface area contributed by atoms with Crippen LogP contribution in [-0.4, -0.2) is 53.7 Å². The maximum absolute atomic E-state index is 12.6. The van der Waals surface area contributed by atoms with E-state index in [4.69, 9.17) is 15.6 Å². The Morgan fingerprint density at radius 3 is 2.43 bits per heavy atom. The van der Waals surface area contributed by atoms with E-state index in [9.17, 15) is 9.59 Å². The number of nitrogens with zero attached hydrogens (tertiary/aromatic N) is 1. The van der Waals surface area contributed by atoms with E-state index in [1.807, 2.05) is 4.90 Å². The minimum atomic E-state index is -0.946. The molecule has 0 bridgehead atoms. The number of aliphatic carboxylic acids is 1. The summed E-state index contributed by atoms with van der Waals surface area (Å²) in [6, 6.07) is -0.0130. The van der Waals surface area contributed by atoms with Crippen LogP contribution in [-0.2, 0) is 14.3 Å². The topological polar surface area (TPSA) is 92.9 Å². The molecule has 2 rings (SSSR count). The van der Waals surface area contributed by atoms with E-state index < -0.39 is 5.97 Å². The van der Waals surface area contributed by atoms with Crippen LogP contribution in [0.3, 0.4) is 0 Å². The fourth-order valence-electron chi connectivity index (χ4n) is 3.31. The average molecular weight is 298 g/mol. The van der Waals surface area contributed by atoms with Crippen molar-refractivity contribution in [1.29, 1.82) is 0 Å². The molecule has 0 aromatic rings. The first-order valence-corrected chi connectivity index (χ1v) is 7.95. The van der Waals surface area contributed by atoms with Crippen molar-refractivity contribution in [3.63, 3.8) is 0 Å². The van der Waals surface area contributed by atoms with Gasteiger partial charge < -0.3 is 20.5 Å². The van der Waals surface area contributed by atoms with Gasteiger partial charge in [-0.2, -0.15) is 0 Å². The summed E-state index contributed by atoms with van der Waals surface area (Å²) >= 11 is 0. The zero-order chi connectivity index (χ0) is 15.2. The van der Waals surface area contributed by atoms with Crippen molar-refractivity contribution in [2.75, 3.05) is 19.7 Å². The van der Waals surface area contributed by atoms with Gasteiger partial charge in [0, 0.05) is 19.1 Å². The first-order valence-electron chi connectivity index (χ1n) is 7.95. The average Bonchev–Trinajstić information content (AvgIpc) is 2.69. The van der Waals surface area contributed by atoms with E-state index in [1.165, 1.54) is 6.42 Å². The maximum atomic E-state index is 12.6. The van der Waals surface area contributed by atoms with Crippen LogP contribution in [0.2, 0.25) is 0 Å². The first kappa shape index (κ1) is 16.2. The molecule has 2 fully saturated rings. The Labute approximate surface area is 125 Å². The van der Waals surface area contributed by atoms with Gasteiger partial charge in [-0.3, -0.25) is 4.79 Å². The predicted molar refractivity (Wildman–Crippen MR) is 77.7 cm³/mol. The standard InChI is InChI=1S/C15H26N2O4/c16-13-5-3-1-2-4-12(13)15(20)17-8-6-11(7-9-17)21-10-14(18)19/h11-13H,1-10,16H2,(H,18,19). The molecular weight excluding hydrogens is 272 g/mol. The molecule has 1 heterocycles. The Hall–Kier alpha value is -1.14. The SMILES string of the molecule is NC1CCCCCC1C(=O)N1CCC(OCC(=O)O)CC1. The smallest absolute Gasteiger partial charge is 0.329 e. The first-order chi connectivity index (χ1) is 10.1. The van der Waals surface area contributed by atoms with Crippen molar-refractivity contribution in [2.45, 2.75) is 57.1 Å². The Kier molecular flexibility index (Phi) is 5.99. The third kappa shape index (κ3) is 4.68. The third-order valence-corrected chi connectivity index (χ3v) is 4.58. The third-order valence-electron chi connectivity index (χ3n) is 4.58. The maximum Gasteiger partial charge on any atom is 0.329 e. The van der Waals surface area contributed by atoms with Gasteiger partial charge in [-0.15, -0.1) is 0 Å². The van der Waals surface area contributed by atoms with Gasteiger partial charge in [0.15, 0.2) is 0 Å². The largest absolute Gasteiger partial charge is 0.480 e. The summed E-state index contributed by atoms with van der Waals surface area (Å²) in [6.45, 7) is 1.03. The van der Waals surface area contributed by atoms with Gasteiger partial charge in [0.1, 0.15) is 6.61 Å². The second-order valence-electron chi connectivity index (χ2n) is 6.14. The van der Waals surface area contributed by atoms with Gasteiger partial charge in [0.05, 0.1) is 12.0 Å². The zero-order valence-corrected chi connectivity index (χ0v) is 12.5. The molecule has 120 valence electrons. The van der Waals surface area contributed by atoms with Gasteiger partial charge in [-0.25, -0.2) is 4.79 Å². The van der Waals surface area contributed by atoms with Crippen LogP contribution in [0.5, 0.6) is 0 Å². The van der Waals surface area contributed by atoms with Gasteiger partial charge in [0.25, 0.3) is 0 Å². The van der Waals surface area contributed by atoms with Crippen molar-refractivity contribution < 1.29 is 19.4 Å². The van der Waals surface area contributed by atoms with Gasteiger partial charge >= 0.3 is 5.97 Å². The van der Waals surface area contributed by atoms with Gasteiger partial charge in [-0.1, -0.05) is 19.3 Å². The molecule has 3 N–H and O–H groups in total. The molecule has 1 aliphatic carbocycles. The fourth-order valence-corrected chi connectivity index (χ4v) is 3.31. The van der Waals surface area contributed by atoms with E-state index in [0.29, 0.717) is 25.9 Å². The molecule has 2 aliphatic rings. The molecule has 21 heavy (non-hydrogen) atoms. The number of likely N-dealkylation sites (tertiary alicyclic amines) is 1. The molecule has 1 aliphatic heterocycles. The van der Waals surface area contributed by atoms with Crippen LogP contribution < -0.4 is 5.73 Å². The fraction of sp³-hybridized carbons (Fsp3) is 0.867. The number of carbonyl (C=O) groups excluding carboxylic acids is 1. The minimum absolute atomic E-state index is 0.0130. The number of amides is 1. The summed E-state index contributed by atoms with van der Waals surface area (Å²) in [5.74, 6) is -0.803. The quantitative estimate of drug-likeness (QED) is 0.755. The Balaban J connectivity index is 1.80. The van der Waals surface area contributed by atoms with Gasteiger partial charge in [-0.05, 0) is 25.7 Å². The molecule has 2 atom stereocenters. The molecule has 0 aromatic heterocycles. The lowest BCUT2D eigenvalue weighted by Crippen LogP contribution is -2.48. The lowest BCUT2D eigenvalue weighted by Gasteiger charge is -2.35. The number of hydrogen-bond acceptors (Lipinski definition) is 4. The number of rotatable bonds is 4. The molecular formula is C15H26N2O4. The van der Waals surface area contributed by atoms with E-state index in [0.717, 1.165) is 25.7 Å². The molecule has 1 saturated carbocycles. The monoisotopic (exact) mass is 298 g/mol. The van der Waals surface area contributed by atoms with Crippen molar-refractivity contribution in [3.8, 4) is 0 Å². The molecule has 6 nitrogen and oxygen atoms in total. The Morgan fingerprint density at radius 2 is 1.76 bits per heavy atom. The van der Waals surface area contributed by atoms with E-state index >= 15 is 0 Å². The van der Waals surface area contributed by atoms with Crippen LogP contribution in [0, 0.1) is 5.92 Å². The van der Waals surface area contributed by atoms with Crippen LogP contribution in [0.4, 0.5) is 0 Å². The highest BCUT2D eigenvalue weighted by Gasteiger charge is 2.32. The number of ether oxygens (including phenoxy) is 1.